The van der Waals surface area contributed by atoms with Crippen molar-refractivity contribution in [3.63, 3.8) is 0 Å². The molecule has 1 unspecified atom stereocenters. The topological polar surface area (TPSA) is 72.9 Å². The Morgan fingerprint density at radius 3 is 2.43 bits per heavy atom. The van der Waals surface area contributed by atoms with Crippen molar-refractivity contribution in [3.8, 4) is 0 Å². The number of aliphatic hydroxyl groups excluding tert-OH is 1. The lowest BCUT2D eigenvalue weighted by molar-refractivity contribution is -0.136. The predicted molar refractivity (Wildman–Crippen MR) is 109 cm³/mol. The van der Waals surface area contributed by atoms with Crippen LogP contribution in [0.15, 0.2) is 30.3 Å². The van der Waals surface area contributed by atoms with Gasteiger partial charge in [0.05, 0.1) is 6.10 Å². The second-order valence-electron chi connectivity index (χ2n) is 8.17. The van der Waals surface area contributed by atoms with Crippen LogP contribution in [-0.4, -0.2) is 59.6 Å². The van der Waals surface area contributed by atoms with Gasteiger partial charge in [-0.05, 0) is 37.7 Å². The van der Waals surface area contributed by atoms with Crippen LogP contribution in [-0.2, 0) is 4.79 Å². The minimum Gasteiger partial charge on any atom is -0.388 e. The molecule has 2 fully saturated rings. The third-order valence-corrected chi connectivity index (χ3v) is 6.11. The second kappa shape index (κ2) is 9.92. The van der Waals surface area contributed by atoms with E-state index in [0.29, 0.717) is 18.9 Å². The van der Waals surface area contributed by atoms with E-state index in [-0.39, 0.29) is 18.0 Å². The van der Waals surface area contributed by atoms with E-state index in [1.807, 2.05) is 35.2 Å². The van der Waals surface area contributed by atoms with Crippen molar-refractivity contribution in [1.82, 2.24) is 15.1 Å². The maximum Gasteiger partial charge on any atom is 0.317 e. The van der Waals surface area contributed by atoms with E-state index in [2.05, 4.69) is 5.32 Å². The SMILES string of the molecule is CN(CCC(O)c1ccccc1)C(=O)NC1CCN(C(=O)C2CCCC2)CC1. The summed E-state index contributed by atoms with van der Waals surface area (Å²) in [6.07, 6.45) is 5.98. The van der Waals surface area contributed by atoms with Gasteiger partial charge in [0, 0.05) is 38.6 Å². The Balaban J connectivity index is 1.37. The average Bonchev–Trinajstić information content (AvgIpc) is 3.27. The van der Waals surface area contributed by atoms with E-state index < -0.39 is 6.10 Å². The summed E-state index contributed by atoms with van der Waals surface area (Å²) in [4.78, 5) is 28.6. The highest BCUT2D eigenvalue weighted by atomic mass is 16.3. The highest BCUT2D eigenvalue weighted by Gasteiger charge is 2.30. The number of carbonyl (C=O) groups is 2. The zero-order chi connectivity index (χ0) is 19.9. The summed E-state index contributed by atoms with van der Waals surface area (Å²) in [5.74, 6) is 0.544. The fraction of sp³-hybridized carbons (Fsp3) is 0.636. The van der Waals surface area contributed by atoms with Crippen LogP contribution in [0.5, 0.6) is 0 Å². The number of benzene rings is 1. The summed E-state index contributed by atoms with van der Waals surface area (Å²) in [6.45, 7) is 1.95. The molecule has 154 valence electrons. The number of aliphatic hydroxyl groups is 1. The lowest BCUT2D eigenvalue weighted by Crippen LogP contribution is -2.50. The maximum atomic E-state index is 12.5. The summed E-state index contributed by atoms with van der Waals surface area (Å²) in [6, 6.07) is 9.51. The summed E-state index contributed by atoms with van der Waals surface area (Å²) in [7, 11) is 1.76. The maximum absolute atomic E-state index is 12.5. The van der Waals surface area contributed by atoms with Crippen molar-refractivity contribution in [1.29, 1.82) is 0 Å². The molecule has 6 heteroatoms. The van der Waals surface area contributed by atoms with Crippen LogP contribution < -0.4 is 5.32 Å². The summed E-state index contributed by atoms with van der Waals surface area (Å²) < 4.78 is 0. The molecule has 3 rings (SSSR count). The molecule has 1 heterocycles. The van der Waals surface area contributed by atoms with E-state index in [1.54, 1.807) is 11.9 Å². The molecule has 1 aliphatic heterocycles. The number of piperidine rings is 1. The number of rotatable bonds is 6. The highest BCUT2D eigenvalue weighted by Crippen LogP contribution is 2.27. The largest absolute Gasteiger partial charge is 0.388 e. The number of hydrogen-bond donors (Lipinski definition) is 2. The van der Waals surface area contributed by atoms with Crippen LogP contribution in [0.3, 0.4) is 0 Å². The molecule has 0 bridgehead atoms. The molecule has 1 aromatic carbocycles. The van der Waals surface area contributed by atoms with E-state index in [4.69, 9.17) is 0 Å². The smallest absolute Gasteiger partial charge is 0.317 e. The number of carbonyl (C=O) groups excluding carboxylic acids is 2. The quantitative estimate of drug-likeness (QED) is 0.788. The molecule has 1 aromatic rings. The van der Waals surface area contributed by atoms with E-state index in [9.17, 15) is 14.7 Å². The summed E-state index contributed by atoms with van der Waals surface area (Å²) in [5.41, 5.74) is 0.871. The first-order valence-corrected chi connectivity index (χ1v) is 10.6. The van der Waals surface area contributed by atoms with Crippen LogP contribution in [0.4, 0.5) is 4.79 Å². The highest BCUT2D eigenvalue weighted by molar-refractivity contribution is 5.79. The zero-order valence-electron chi connectivity index (χ0n) is 16.8. The molecule has 0 spiro atoms. The molecule has 1 saturated carbocycles. The van der Waals surface area contributed by atoms with Gasteiger partial charge < -0.3 is 20.2 Å². The summed E-state index contributed by atoms with van der Waals surface area (Å²) >= 11 is 0. The Bertz CT molecular complexity index is 638. The van der Waals surface area contributed by atoms with Gasteiger partial charge in [-0.25, -0.2) is 4.79 Å². The van der Waals surface area contributed by atoms with Crippen LogP contribution in [0, 0.1) is 5.92 Å². The molecule has 3 amide bonds. The molecule has 6 nitrogen and oxygen atoms in total. The molecular formula is C22H33N3O3. The minimum atomic E-state index is -0.568. The number of amides is 3. The third kappa shape index (κ3) is 5.47. The zero-order valence-corrected chi connectivity index (χ0v) is 16.8. The molecule has 28 heavy (non-hydrogen) atoms. The lowest BCUT2D eigenvalue weighted by atomic mass is 10.0. The molecule has 1 saturated heterocycles. The normalized spacial score (nSPS) is 19.4. The van der Waals surface area contributed by atoms with Crippen molar-refractivity contribution in [2.24, 2.45) is 5.92 Å². The lowest BCUT2D eigenvalue weighted by Gasteiger charge is -2.34. The Kier molecular flexibility index (Phi) is 7.31. The van der Waals surface area contributed by atoms with Gasteiger partial charge in [0.2, 0.25) is 5.91 Å². The fourth-order valence-electron chi connectivity index (χ4n) is 4.22. The Morgan fingerprint density at radius 1 is 1.14 bits per heavy atom. The van der Waals surface area contributed by atoms with Gasteiger partial charge in [0.15, 0.2) is 0 Å². The first-order valence-electron chi connectivity index (χ1n) is 10.6. The molecular weight excluding hydrogens is 354 g/mol. The fourth-order valence-corrected chi connectivity index (χ4v) is 4.22. The van der Waals surface area contributed by atoms with Crippen molar-refractivity contribution >= 4 is 11.9 Å². The van der Waals surface area contributed by atoms with Gasteiger partial charge in [-0.15, -0.1) is 0 Å². The number of urea groups is 1. The van der Waals surface area contributed by atoms with Crippen LogP contribution in [0.25, 0.3) is 0 Å². The van der Waals surface area contributed by atoms with Gasteiger partial charge in [-0.1, -0.05) is 43.2 Å². The monoisotopic (exact) mass is 387 g/mol. The van der Waals surface area contributed by atoms with Crippen LogP contribution >= 0.6 is 0 Å². The first kappa shape index (κ1) is 20.6. The van der Waals surface area contributed by atoms with E-state index >= 15 is 0 Å². The number of nitrogens with one attached hydrogen (secondary N) is 1. The van der Waals surface area contributed by atoms with Gasteiger partial charge in [0.25, 0.3) is 0 Å². The van der Waals surface area contributed by atoms with Crippen LogP contribution in [0.1, 0.15) is 56.6 Å². The van der Waals surface area contributed by atoms with Crippen LogP contribution in [0.2, 0.25) is 0 Å². The van der Waals surface area contributed by atoms with Gasteiger partial charge in [-0.3, -0.25) is 4.79 Å². The van der Waals surface area contributed by atoms with Crippen molar-refractivity contribution in [2.45, 2.75) is 57.1 Å². The second-order valence-corrected chi connectivity index (χ2v) is 8.17. The molecule has 0 radical (unpaired) electrons. The predicted octanol–water partition coefficient (Wildman–Crippen LogP) is 2.93. The van der Waals surface area contributed by atoms with Gasteiger partial charge >= 0.3 is 6.03 Å². The van der Waals surface area contributed by atoms with Crippen molar-refractivity contribution in [3.05, 3.63) is 35.9 Å². The third-order valence-electron chi connectivity index (χ3n) is 6.11. The molecule has 0 aromatic heterocycles. The Labute approximate surface area is 167 Å². The minimum absolute atomic E-state index is 0.110. The van der Waals surface area contributed by atoms with Crippen molar-refractivity contribution in [2.75, 3.05) is 26.7 Å². The Morgan fingerprint density at radius 2 is 1.79 bits per heavy atom. The molecule has 2 N–H and O–H groups in total. The molecule has 2 aliphatic rings. The van der Waals surface area contributed by atoms with E-state index in [1.165, 1.54) is 12.8 Å². The van der Waals surface area contributed by atoms with Gasteiger partial charge in [-0.2, -0.15) is 0 Å². The van der Waals surface area contributed by atoms with Gasteiger partial charge in [0.1, 0.15) is 0 Å². The molecule has 1 atom stereocenters. The standard InChI is InChI=1S/C22H33N3O3/c1-24(14-13-20(26)17-7-3-2-4-8-17)22(28)23-19-11-15-25(16-12-19)21(27)18-9-5-6-10-18/h2-4,7-8,18-20,26H,5-6,9-16H2,1H3,(H,23,28). The number of nitrogens with zero attached hydrogens (tertiary/aromatic N) is 2. The Hall–Kier alpha value is -2.08. The average molecular weight is 388 g/mol. The number of likely N-dealkylation sites (tertiary alicyclic amines) is 1. The first-order chi connectivity index (χ1) is 13.5. The van der Waals surface area contributed by atoms with Crippen molar-refractivity contribution < 1.29 is 14.7 Å². The summed E-state index contributed by atoms with van der Waals surface area (Å²) in [5, 5.41) is 13.3. The molecule has 1 aliphatic carbocycles. The van der Waals surface area contributed by atoms with E-state index in [0.717, 1.165) is 44.3 Å². The number of hydrogen-bond acceptors (Lipinski definition) is 3.